The summed E-state index contributed by atoms with van der Waals surface area (Å²) in [7, 11) is 0. The van der Waals surface area contributed by atoms with Gasteiger partial charge < -0.3 is 0 Å². The van der Waals surface area contributed by atoms with Gasteiger partial charge in [-0.3, -0.25) is 14.4 Å². The summed E-state index contributed by atoms with van der Waals surface area (Å²) in [5.74, 6) is -1.52. The summed E-state index contributed by atoms with van der Waals surface area (Å²) in [4.78, 5) is 40.0. The number of hydrogen-bond acceptors (Lipinski definition) is 3. The first kappa shape index (κ1) is 20.9. The second-order valence-corrected chi connectivity index (χ2v) is 8.87. The van der Waals surface area contributed by atoms with Gasteiger partial charge >= 0.3 is 0 Å². The summed E-state index contributed by atoms with van der Waals surface area (Å²) in [6.07, 6.45) is 2.22. The van der Waals surface area contributed by atoms with E-state index in [-0.39, 0.29) is 40.8 Å². The van der Waals surface area contributed by atoms with E-state index < -0.39 is 5.91 Å². The third kappa shape index (κ3) is 3.72. The Hall–Kier alpha value is -2.37. The molecule has 7 heteroatoms. The Morgan fingerprint density at radius 1 is 0.967 bits per heavy atom. The van der Waals surface area contributed by atoms with Crippen LogP contribution >= 0.6 is 23.2 Å². The highest BCUT2D eigenvalue weighted by molar-refractivity contribution is 6.34. The zero-order valence-electron chi connectivity index (χ0n) is 16.6. The molecule has 1 saturated heterocycles. The van der Waals surface area contributed by atoms with Gasteiger partial charge in [-0.15, -0.1) is 0 Å². The quantitative estimate of drug-likeness (QED) is 0.625. The molecule has 2 aliphatic rings. The number of fused-ring (bicyclic) bond motifs is 1. The van der Waals surface area contributed by atoms with Gasteiger partial charge in [-0.25, -0.2) is 5.01 Å². The third-order valence-electron chi connectivity index (χ3n) is 6.02. The first-order valence-electron chi connectivity index (χ1n) is 10.1. The molecule has 4 rings (SSSR count). The molecule has 2 fully saturated rings. The smallest absolute Gasteiger partial charge is 0.272 e. The van der Waals surface area contributed by atoms with Gasteiger partial charge in [-0.05, 0) is 48.9 Å². The Kier molecular flexibility index (Phi) is 5.85. The highest BCUT2D eigenvalue weighted by Gasteiger charge is 2.52. The molecule has 3 amide bonds. The van der Waals surface area contributed by atoms with Gasteiger partial charge in [0.05, 0.1) is 29.0 Å². The van der Waals surface area contributed by atoms with Crippen LogP contribution in [0.3, 0.4) is 0 Å². The molecule has 30 heavy (non-hydrogen) atoms. The summed E-state index contributed by atoms with van der Waals surface area (Å²) < 4.78 is 0. The lowest BCUT2D eigenvalue weighted by Crippen LogP contribution is -2.50. The molecule has 0 unspecified atom stereocenters. The Labute approximate surface area is 185 Å². The molecule has 1 aliphatic heterocycles. The van der Waals surface area contributed by atoms with Crippen molar-refractivity contribution in [3.05, 3.63) is 69.7 Å². The van der Waals surface area contributed by atoms with Gasteiger partial charge in [0.1, 0.15) is 0 Å². The predicted molar refractivity (Wildman–Crippen MR) is 115 cm³/mol. The number of hydrogen-bond donors (Lipinski definition) is 0. The van der Waals surface area contributed by atoms with E-state index >= 15 is 0 Å². The van der Waals surface area contributed by atoms with Gasteiger partial charge in [-0.1, -0.05) is 60.5 Å². The third-order valence-corrected chi connectivity index (χ3v) is 6.72. The summed E-state index contributed by atoms with van der Waals surface area (Å²) in [6.45, 7) is 2.09. The molecular weight excluding hydrogens is 423 g/mol. The number of halogens is 2. The molecule has 1 heterocycles. The van der Waals surface area contributed by atoms with E-state index in [1.807, 2.05) is 0 Å². The van der Waals surface area contributed by atoms with Crippen molar-refractivity contribution < 1.29 is 14.4 Å². The number of amides is 3. The standard InChI is InChI=1S/C23H22Cl2N2O3/c1-14-10-11-16-18(12-14)23(30)27(22(16)29)26(13-15-6-2-4-8-19(15)24)21(28)17-7-3-5-9-20(17)25/h2-9,14,16,18H,10-13H2,1H3/t14-,16-,18+/m1/s1. The fourth-order valence-electron chi connectivity index (χ4n) is 4.41. The summed E-state index contributed by atoms with van der Waals surface area (Å²) >= 11 is 12.6. The van der Waals surface area contributed by atoms with Crippen molar-refractivity contribution in [2.45, 2.75) is 32.7 Å². The molecular formula is C23H22Cl2N2O3. The maximum absolute atomic E-state index is 13.5. The molecule has 0 N–H and O–H groups in total. The van der Waals surface area contributed by atoms with Crippen LogP contribution in [0.1, 0.15) is 42.1 Å². The zero-order chi connectivity index (χ0) is 21.4. The van der Waals surface area contributed by atoms with E-state index in [0.29, 0.717) is 29.3 Å². The molecule has 0 aromatic heterocycles. The van der Waals surface area contributed by atoms with Crippen molar-refractivity contribution in [3.63, 3.8) is 0 Å². The Morgan fingerprint density at radius 3 is 2.30 bits per heavy atom. The van der Waals surface area contributed by atoms with Gasteiger partial charge in [0, 0.05) is 5.02 Å². The maximum atomic E-state index is 13.5. The van der Waals surface area contributed by atoms with Crippen molar-refractivity contribution >= 4 is 40.9 Å². The highest BCUT2D eigenvalue weighted by atomic mass is 35.5. The number of nitrogens with zero attached hydrogens (tertiary/aromatic N) is 2. The van der Waals surface area contributed by atoms with E-state index in [0.717, 1.165) is 11.4 Å². The van der Waals surface area contributed by atoms with Crippen LogP contribution in [0.2, 0.25) is 10.0 Å². The van der Waals surface area contributed by atoms with Gasteiger partial charge in [0.15, 0.2) is 0 Å². The summed E-state index contributed by atoms with van der Waals surface area (Å²) in [6, 6.07) is 13.7. The normalized spacial score (nSPS) is 23.4. The van der Waals surface area contributed by atoms with Crippen molar-refractivity contribution in [1.82, 2.24) is 10.0 Å². The number of carbonyl (C=O) groups is 3. The Bertz CT molecular complexity index is 1010. The summed E-state index contributed by atoms with van der Waals surface area (Å²) in [5, 5.41) is 2.97. The molecule has 5 nitrogen and oxygen atoms in total. The largest absolute Gasteiger partial charge is 0.274 e. The van der Waals surface area contributed by atoms with Crippen molar-refractivity contribution in [2.75, 3.05) is 0 Å². The average molecular weight is 445 g/mol. The topological polar surface area (TPSA) is 57.7 Å². The van der Waals surface area contributed by atoms with Gasteiger partial charge in [0.25, 0.3) is 17.7 Å². The average Bonchev–Trinajstić information content (AvgIpc) is 2.97. The van der Waals surface area contributed by atoms with Crippen LogP contribution in [0.5, 0.6) is 0 Å². The summed E-state index contributed by atoms with van der Waals surface area (Å²) in [5.41, 5.74) is 0.874. The second-order valence-electron chi connectivity index (χ2n) is 8.05. The van der Waals surface area contributed by atoms with Crippen molar-refractivity contribution in [3.8, 4) is 0 Å². The van der Waals surface area contributed by atoms with Crippen LogP contribution in [0.4, 0.5) is 0 Å². The van der Waals surface area contributed by atoms with Crippen LogP contribution in [0.15, 0.2) is 48.5 Å². The van der Waals surface area contributed by atoms with Crippen molar-refractivity contribution in [2.24, 2.45) is 17.8 Å². The maximum Gasteiger partial charge on any atom is 0.274 e. The lowest BCUT2D eigenvalue weighted by atomic mass is 9.76. The molecule has 0 radical (unpaired) electrons. The first-order chi connectivity index (χ1) is 14.4. The minimum atomic E-state index is -0.506. The molecule has 1 aliphatic carbocycles. The molecule has 156 valence electrons. The van der Waals surface area contributed by atoms with E-state index in [1.165, 1.54) is 5.01 Å². The number of carbonyl (C=O) groups excluding carboxylic acids is 3. The molecule has 2 aromatic carbocycles. The van der Waals surface area contributed by atoms with Crippen molar-refractivity contribution in [1.29, 1.82) is 0 Å². The van der Waals surface area contributed by atoms with Crippen LogP contribution < -0.4 is 0 Å². The molecule has 3 atom stereocenters. The fourth-order valence-corrected chi connectivity index (χ4v) is 4.82. The van der Waals surface area contributed by atoms with Crippen LogP contribution in [0.25, 0.3) is 0 Å². The molecule has 2 aromatic rings. The van der Waals surface area contributed by atoms with E-state index in [1.54, 1.807) is 48.5 Å². The van der Waals surface area contributed by atoms with E-state index in [9.17, 15) is 14.4 Å². The number of rotatable bonds is 4. The number of imide groups is 1. The second kappa shape index (κ2) is 8.40. The molecule has 1 saturated carbocycles. The van der Waals surface area contributed by atoms with Gasteiger partial charge in [0.2, 0.25) is 0 Å². The Morgan fingerprint density at radius 2 is 1.60 bits per heavy atom. The van der Waals surface area contributed by atoms with Crippen LogP contribution in [0, 0.1) is 17.8 Å². The molecule has 0 bridgehead atoms. The van der Waals surface area contributed by atoms with Crippen LogP contribution in [-0.4, -0.2) is 27.7 Å². The fraction of sp³-hybridized carbons (Fsp3) is 0.348. The minimum Gasteiger partial charge on any atom is -0.272 e. The SMILES string of the molecule is C[C@@H]1CC[C@H]2C(=O)N(N(Cc3ccccc3Cl)C(=O)c3ccccc3Cl)C(=O)[C@H]2C1. The number of hydrazine groups is 1. The molecule has 0 spiro atoms. The predicted octanol–water partition coefficient (Wildman–Crippen LogP) is 4.97. The Balaban J connectivity index is 1.74. The first-order valence-corrected chi connectivity index (χ1v) is 10.8. The van der Waals surface area contributed by atoms with Gasteiger partial charge in [-0.2, -0.15) is 5.01 Å². The minimum absolute atomic E-state index is 0.00377. The highest BCUT2D eigenvalue weighted by Crippen LogP contribution is 2.41. The lowest BCUT2D eigenvalue weighted by Gasteiger charge is -2.31. The van der Waals surface area contributed by atoms with Crippen LogP contribution in [-0.2, 0) is 16.1 Å². The van der Waals surface area contributed by atoms with E-state index in [2.05, 4.69) is 6.92 Å². The lowest BCUT2D eigenvalue weighted by molar-refractivity contribution is -0.155. The zero-order valence-corrected chi connectivity index (χ0v) is 18.1. The van der Waals surface area contributed by atoms with E-state index in [4.69, 9.17) is 23.2 Å². The number of benzene rings is 2. The monoisotopic (exact) mass is 444 g/mol.